The Morgan fingerprint density at radius 1 is 0.880 bits per heavy atom. The number of hydrogen-bond donors (Lipinski definition) is 0. The van der Waals surface area contributed by atoms with E-state index in [1.807, 2.05) is 0 Å². The zero-order valence-electron chi connectivity index (χ0n) is 15.3. The van der Waals surface area contributed by atoms with Crippen LogP contribution in [0, 0.1) is 30.6 Å². The Hall–Kier alpha value is -2.26. The smallest absolute Gasteiger partial charge is 0.0249 e. The van der Waals surface area contributed by atoms with Gasteiger partial charge in [0.25, 0.3) is 0 Å². The van der Waals surface area contributed by atoms with Crippen molar-refractivity contribution in [3.8, 4) is 11.8 Å². The fraction of sp³-hybridized carbons (Fsp3) is 0.360. The Morgan fingerprint density at radius 2 is 1.44 bits per heavy atom. The molecule has 0 unspecified atom stereocenters. The SMILES string of the molecule is C=CC1CCC(CCc2ccc(C#Cc3ccc(C)cc3)cc2)CC1. The van der Waals surface area contributed by atoms with Gasteiger partial charge in [-0.3, -0.25) is 0 Å². The lowest BCUT2D eigenvalue weighted by Crippen LogP contribution is -2.13. The van der Waals surface area contributed by atoms with Crippen LogP contribution in [0.4, 0.5) is 0 Å². The molecule has 0 N–H and O–H groups in total. The van der Waals surface area contributed by atoms with Crippen LogP contribution < -0.4 is 0 Å². The van der Waals surface area contributed by atoms with Crippen molar-refractivity contribution >= 4 is 0 Å². The van der Waals surface area contributed by atoms with E-state index in [9.17, 15) is 0 Å². The van der Waals surface area contributed by atoms with Crippen molar-refractivity contribution in [3.05, 3.63) is 83.4 Å². The summed E-state index contributed by atoms with van der Waals surface area (Å²) >= 11 is 0. The van der Waals surface area contributed by atoms with E-state index in [1.54, 1.807) is 0 Å². The van der Waals surface area contributed by atoms with Crippen molar-refractivity contribution in [1.82, 2.24) is 0 Å². The van der Waals surface area contributed by atoms with E-state index in [-0.39, 0.29) is 0 Å². The summed E-state index contributed by atoms with van der Waals surface area (Å²) in [6.45, 7) is 6.04. The molecular formula is C25H28. The zero-order chi connectivity index (χ0) is 17.5. The molecule has 3 rings (SSSR count). The molecule has 25 heavy (non-hydrogen) atoms. The normalized spacial score (nSPS) is 19.7. The van der Waals surface area contributed by atoms with Gasteiger partial charge in [-0.25, -0.2) is 0 Å². The Labute approximate surface area is 153 Å². The van der Waals surface area contributed by atoms with Crippen molar-refractivity contribution in [2.24, 2.45) is 11.8 Å². The first-order chi connectivity index (χ1) is 12.2. The Kier molecular flexibility index (Phi) is 6.13. The second-order valence-corrected chi connectivity index (χ2v) is 7.37. The van der Waals surface area contributed by atoms with Gasteiger partial charge in [-0.2, -0.15) is 0 Å². The maximum Gasteiger partial charge on any atom is 0.0249 e. The van der Waals surface area contributed by atoms with Crippen LogP contribution in [0.15, 0.2) is 61.2 Å². The van der Waals surface area contributed by atoms with Gasteiger partial charge < -0.3 is 0 Å². The van der Waals surface area contributed by atoms with Gasteiger partial charge in [-0.05, 0) is 87.1 Å². The third-order valence-corrected chi connectivity index (χ3v) is 5.42. The highest BCUT2D eigenvalue weighted by atomic mass is 14.2. The summed E-state index contributed by atoms with van der Waals surface area (Å²) in [5.41, 5.74) is 4.88. The Bertz CT molecular complexity index is 729. The Morgan fingerprint density at radius 3 is 2.00 bits per heavy atom. The van der Waals surface area contributed by atoms with Gasteiger partial charge in [-0.1, -0.05) is 47.7 Å². The molecule has 0 aromatic heterocycles. The minimum absolute atomic E-state index is 0.766. The number of aryl methyl sites for hydroxylation is 2. The van der Waals surface area contributed by atoms with Gasteiger partial charge in [0.15, 0.2) is 0 Å². The molecule has 0 heterocycles. The predicted octanol–water partition coefficient (Wildman–Crippen LogP) is 6.32. The predicted molar refractivity (Wildman–Crippen MR) is 108 cm³/mol. The van der Waals surface area contributed by atoms with Crippen LogP contribution in [0.25, 0.3) is 0 Å². The molecule has 0 saturated heterocycles. The fourth-order valence-electron chi connectivity index (χ4n) is 3.62. The van der Waals surface area contributed by atoms with E-state index in [0.29, 0.717) is 0 Å². The molecule has 2 aromatic rings. The summed E-state index contributed by atoms with van der Waals surface area (Å²) in [5.74, 6) is 8.17. The van der Waals surface area contributed by atoms with Crippen LogP contribution in [0.1, 0.15) is 54.4 Å². The first-order valence-corrected chi connectivity index (χ1v) is 9.53. The summed E-state index contributed by atoms with van der Waals surface area (Å²) in [6.07, 6.45) is 10.1. The van der Waals surface area contributed by atoms with E-state index >= 15 is 0 Å². The largest absolute Gasteiger partial charge is 0.103 e. The molecule has 1 saturated carbocycles. The molecule has 1 fully saturated rings. The molecule has 2 aromatic carbocycles. The maximum atomic E-state index is 3.94. The minimum atomic E-state index is 0.766. The van der Waals surface area contributed by atoms with Crippen molar-refractivity contribution < 1.29 is 0 Å². The van der Waals surface area contributed by atoms with E-state index in [2.05, 4.69) is 80.0 Å². The molecule has 0 amide bonds. The summed E-state index contributed by atoms with van der Waals surface area (Å²) in [6, 6.07) is 17.2. The van der Waals surface area contributed by atoms with E-state index in [1.165, 1.54) is 49.7 Å². The highest BCUT2D eigenvalue weighted by molar-refractivity contribution is 5.43. The van der Waals surface area contributed by atoms with Gasteiger partial charge in [0.05, 0.1) is 0 Å². The van der Waals surface area contributed by atoms with Crippen molar-refractivity contribution in [2.75, 3.05) is 0 Å². The molecule has 128 valence electrons. The second kappa shape index (κ2) is 8.72. The molecule has 0 bridgehead atoms. The standard InChI is InChI=1S/C25H28/c1-3-21-8-10-23(11-9-21)14-15-25-18-16-24(17-19-25)13-12-22-6-4-20(2)5-7-22/h3-7,16-19,21,23H,1,8-11,14-15H2,2H3. The van der Waals surface area contributed by atoms with Crippen molar-refractivity contribution in [1.29, 1.82) is 0 Å². The van der Waals surface area contributed by atoms with Crippen molar-refractivity contribution in [3.63, 3.8) is 0 Å². The average molecular weight is 328 g/mol. The monoisotopic (exact) mass is 328 g/mol. The number of hydrogen-bond acceptors (Lipinski definition) is 0. The molecule has 0 radical (unpaired) electrons. The maximum absolute atomic E-state index is 3.94. The first kappa shape index (κ1) is 17.6. The summed E-state index contributed by atoms with van der Waals surface area (Å²) in [4.78, 5) is 0. The van der Waals surface area contributed by atoms with Gasteiger partial charge in [0.2, 0.25) is 0 Å². The van der Waals surface area contributed by atoms with Crippen molar-refractivity contribution in [2.45, 2.75) is 45.4 Å². The van der Waals surface area contributed by atoms with Gasteiger partial charge in [0, 0.05) is 11.1 Å². The molecule has 1 aliphatic carbocycles. The topological polar surface area (TPSA) is 0 Å². The van der Waals surface area contributed by atoms with Crippen LogP contribution in [0.5, 0.6) is 0 Å². The second-order valence-electron chi connectivity index (χ2n) is 7.37. The van der Waals surface area contributed by atoms with E-state index < -0.39 is 0 Å². The third kappa shape index (κ3) is 5.36. The third-order valence-electron chi connectivity index (χ3n) is 5.42. The quantitative estimate of drug-likeness (QED) is 0.455. The highest BCUT2D eigenvalue weighted by Gasteiger charge is 2.18. The van der Waals surface area contributed by atoms with E-state index in [0.717, 1.165) is 23.0 Å². The minimum Gasteiger partial charge on any atom is -0.103 e. The summed E-state index contributed by atoms with van der Waals surface area (Å²) in [5, 5.41) is 0. The van der Waals surface area contributed by atoms with Crippen LogP contribution in [-0.4, -0.2) is 0 Å². The van der Waals surface area contributed by atoms with Gasteiger partial charge >= 0.3 is 0 Å². The summed E-state index contributed by atoms with van der Waals surface area (Å²) in [7, 11) is 0. The lowest BCUT2D eigenvalue weighted by molar-refractivity contribution is 0.296. The number of benzene rings is 2. The molecule has 0 spiro atoms. The number of rotatable bonds is 4. The van der Waals surface area contributed by atoms with Crippen LogP contribution in [0.2, 0.25) is 0 Å². The Balaban J connectivity index is 1.51. The lowest BCUT2D eigenvalue weighted by atomic mass is 9.79. The highest BCUT2D eigenvalue weighted by Crippen LogP contribution is 2.32. The van der Waals surface area contributed by atoms with Crippen LogP contribution >= 0.6 is 0 Å². The first-order valence-electron chi connectivity index (χ1n) is 9.53. The molecule has 0 heteroatoms. The summed E-state index contributed by atoms with van der Waals surface area (Å²) < 4.78 is 0. The van der Waals surface area contributed by atoms with E-state index in [4.69, 9.17) is 0 Å². The number of allylic oxidation sites excluding steroid dienone is 1. The molecule has 1 aliphatic rings. The molecule has 0 aliphatic heterocycles. The molecular weight excluding hydrogens is 300 g/mol. The molecule has 0 nitrogen and oxygen atoms in total. The van der Waals surface area contributed by atoms with Crippen LogP contribution in [0.3, 0.4) is 0 Å². The zero-order valence-corrected chi connectivity index (χ0v) is 15.3. The average Bonchev–Trinajstić information content (AvgIpc) is 2.67. The fourth-order valence-corrected chi connectivity index (χ4v) is 3.62. The van der Waals surface area contributed by atoms with Crippen LogP contribution in [-0.2, 0) is 6.42 Å². The van der Waals surface area contributed by atoms with Gasteiger partial charge in [0.1, 0.15) is 0 Å². The molecule has 0 atom stereocenters. The van der Waals surface area contributed by atoms with Gasteiger partial charge in [-0.15, -0.1) is 6.58 Å². The lowest BCUT2D eigenvalue weighted by Gasteiger charge is -2.26.